The van der Waals surface area contributed by atoms with Crippen LogP contribution >= 0.6 is 0 Å². The summed E-state index contributed by atoms with van der Waals surface area (Å²) in [6, 6.07) is 14.2. The predicted octanol–water partition coefficient (Wildman–Crippen LogP) is 11.1. The Labute approximate surface area is 421 Å². The Kier molecular flexibility index (Phi) is 32.4. The number of hydroxylamine groups is 2. The zero-order valence-corrected chi connectivity index (χ0v) is 44.8. The SMILES string of the molecule is CCC(C)(C)C(=O)ON1C(=O)CCC1=O.CCCCCCCCCCOc1ccc(CC(NC(=O)C(C)(C)CC)C(=O)OC)cc1.CCCCCCCCCCOc1ccc(C[C@H](N)C(=O)OC)cc1. The maximum Gasteiger partial charge on any atom is 0.338 e. The molecule has 3 amide bonds. The molecule has 1 aliphatic rings. The van der Waals surface area contributed by atoms with E-state index in [0.29, 0.717) is 30.7 Å². The van der Waals surface area contributed by atoms with Crippen LogP contribution in [0.5, 0.6) is 11.5 Å². The third-order valence-corrected chi connectivity index (χ3v) is 12.7. The molecule has 3 N–H and O–H groups in total. The van der Waals surface area contributed by atoms with Gasteiger partial charge in [-0.1, -0.05) is 156 Å². The van der Waals surface area contributed by atoms with Crippen LogP contribution in [0.3, 0.4) is 0 Å². The van der Waals surface area contributed by atoms with Crippen LogP contribution in [0.2, 0.25) is 0 Å². The molecule has 396 valence electrons. The fourth-order valence-corrected chi connectivity index (χ4v) is 6.88. The molecule has 1 saturated heterocycles. The summed E-state index contributed by atoms with van der Waals surface area (Å²) in [5.41, 5.74) is 6.51. The van der Waals surface area contributed by atoms with E-state index in [2.05, 4.69) is 23.9 Å². The number of ether oxygens (including phenoxy) is 4. The molecule has 14 nitrogen and oxygen atoms in total. The Bertz CT molecular complexity index is 1780. The van der Waals surface area contributed by atoms with Crippen LogP contribution in [0.25, 0.3) is 0 Å². The molecule has 0 aromatic heterocycles. The molecule has 2 aromatic carbocycles. The van der Waals surface area contributed by atoms with Gasteiger partial charge in [0.25, 0.3) is 11.8 Å². The van der Waals surface area contributed by atoms with Gasteiger partial charge in [0, 0.05) is 24.7 Å². The molecule has 2 atom stereocenters. The van der Waals surface area contributed by atoms with Crippen molar-refractivity contribution in [2.45, 2.75) is 209 Å². The number of methoxy groups -OCH3 is 2. The van der Waals surface area contributed by atoms with E-state index >= 15 is 0 Å². The number of nitrogens with two attached hydrogens (primary N) is 1. The van der Waals surface area contributed by atoms with Crippen LogP contribution in [-0.4, -0.2) is 80.2 Å². The first-order valence-corrected chi connectivity index (χ1v) is 26.1. The third-order valence-electron chi connectivity index (χ3n) is 12.7. The number of carbonyl (C=O) groups is 6. The summed E-state index contributed by atoms with van der Waals surface area (Å²) in [5.74, 6) is -0.698. The van der Waals surface area contributed by atoms with E-state index in [1.54, 1.807) is 13.8 Å². The average Bonchev–Trinajstić information content (AvgIpc) is 3.68. The molecule has 14 heteroatoms. The van der Waals surface area contributed by atoms with Crippen molar-refractivity contribution in [2.75, 3.05) is 27.4 Å². The highest BCUT2D eigenvalue weighted by atomic mass is 16.7. The number of carbonyl (C=O) groups excluding carboxylic acids is 6. The van der Waals surface area contributed by atoms with Crippen LogP contribution in [-0.2, 0) is 55.9 Å². The Balaban J connectivity index is 0.000000556. The van der Waals surface area contributed by atoms with Gasteiger partial charge in [-0.15, -0.1) is 5.06 Å². The van der Waals surface area contributed by atoms with Gasteiger partial charge in [0.2, 0.25) is 5.91 Å². The van der Waals surface area contributed by atoms with Crippen LogP contribution < -0.4 is 20.5 Å². The van der Waals surface area contributed by atoms with Gasteiger partial charge in [-0.2, -0.15) is 0 Å². The van der Waals surface area contributed by atoms with Gasteiger partial charge in [0.15, 0.2) is 0 Å². The zero-order chi connectivity index (χ0) is 52.4. The fraction of sp³-hybridized carbons (Fsp3) is 0.679. The molecule has 0 bridgehead atoms. The van der Waals surface area contributed by atoms with Crippen molar-refractivity contribution < 1.29 is 52.6 Å². The summed E-state index contributed by atoms with van der Waals surface area (Å²) in [6.07, 6.45) is 23.0. The highest BCUT2D eigenvalue weighted by Crippen LogP contribution is 2.25. The van der Waals surface area contributed by atoms with E-state index in [0.717, 1.165) is 48.7 Å². The number of amides is 3. The number of unbranched alkanes of at least 4 members (excludes halogenated alkanes) is 14. The molecule has 0 aliphatic carbocycles. The molecular formula is C56H91N3O11. The van der Waals surface area contributed by atoms with E-state index in [9.17, 15) is 28.8 Å². The number of esters is 2. The molecule has 3 rings (SSSR count). The van der Waals surface area contributed by atoms with E-state index in [-0.39, 0.29) is 24.7 Å². The summed E-state index contributed by atoms with van der Waals surface area (Å²) in [6.45, 7) is 16.9. The fourth-order valence-electron chi connectivity index (χ4n) is 6.88. The van der Waals surface area contributed by atoms with E-state index in [1.807, 2.05) is 76.2 Å². The van der Waals surface area contributed by atoms with Gasteiger partial charge in [-0.3, -0.25) is 19.2 Å². The van der Waals surface area contributed by atoms with Crippen molar-refractivity contribution in [3.63, 3.8) is 0 Å². The molecule has 1 unspecified atom stereocenters. The number of rotatable bonds is 32. The number of imide groups is 1. The largest absolute Gasteiger partial charge is 0.494 e. The lowest BCUT2D eigenvalue weighted by atomic mass is 9.88. The molecule has 0 spiro atoms. The average molecular weight is 982 g/mol. The van der Waals surface area contributed by atoms with Gasteiger partial charge in [0.1, 0.15) is 23.6 Å². The molecule has 1 heterocycles. The highest BCUT2D eigenvalue weighted by molar-refractivity contribution is 6.01. The summed E-state index contributed by atoms with van der Waals surface area (Å²) in [4.78, 5) is 74.7. The topological polar surface area (TPSA) is 190 Å². The molecule has 1 aliphatic heterocycles. The van der Waals surface area contributed by atoms with Crippen molar-refractivity contribution in [1.29, 1.82) is 0 Å². The van der Waals surface area contributed by atoms with Crippen LogP contribution in [0.15, 0.2) is 48.5 Å². The molecule has 2 aromatic rings. The number of nitrogens with zero attached hydrogens (tertiary/aromatic N) is 1. The molecule has 0 saturated carbocycles. The lowest BCUT2D eigenvalue weighted by Gasteiger charge is -2.25. The highest BCUT2D eigenvalue weighted by Gasteiger charge is 2.37. The van der Waals surface area contributed by atoms with Crippen molar-refractivity contribution >= 4 is 35.6 Å². The summed E-state index contributed by atoms with van der Waals surface area (Å²) >= 11 is 0. The van der Waals surface area contributed by atoms with Crippen LogP contribution in [0.1, 0.15) is 195 Å². The second kappa shape index (κ2) is 36.0. The molecule has 1 fully saturated rings. The molecular weight excluding hydrogens is 891 g/mol. The smallest absolute Gasteiger partial charge is 0.338 e. The molecule has 0 radical (unpaired) electrons. The number of hydrogen-bond acceptors (Lipinski definition) is 12. The first-order chi connectivity index (χ1) is 33.4. The van der Waals surface area contributed by atoms with E-state index in [1.165, 1.54) is 104 Å². The quantitative estimate of drug-likeness (QED) is 0.0401. The summed E-state index contributed by atoms with van der Waals surface area (Å²) in [5, 5.41) is 3.43. The predicted molar refractivity (Wildman–Crippen MR) is 276 cm³/mol. The molecule has 70 heavy (non-hydrogen) atoms. The van der Waals surface area contributed by atoms with Gasteiger partial charge in [-0.05, 0) is 81.3 Å². The first kappa shape index (κ1) is 63.0. The lowest BCUT2D eigenvalue weighted by molar-refractivity contribution is -0.204. The van der Waals surface area contributed by atoms with E-state index < -0.39 is 46.7 Å². The zero-order valence-electron chi connectivity index (χ0n) is 44.8. The van der Waals surface area contributed by atoms with E-state index in [4.69, 9.17) is 24.8 Å². The van der Waals surface area contributed by atoms with Gasteiger partial charge < -0.3 is 34.8 Å². The summed E-state index contributed by atoms with van der Waals surface area (Å²) in [7, 11) is 2.69. The number of hydrogen-bond donors (Lipinski definition) is 2. The van der Waals surface area contributed by atoms with Gasteiger partial charge in [0.05, 0.1) is 32.8 Å². The van der Waals surface area contributed by atoms with Crippen molar-refractivity contribution in [3.8, 4) is 11.5 Å². The standard InChI is InChI=1S/C26H43NO4.C20H33NO3.C10H15NO4/c1-6-8-9-10-11-12-13-14-19-31-22-17-15-21(16-18-22)20-23(24(28)30-5)27-25(29)26(3,4)7-2;1-3-4-5-6-7-8-9-10-15-24-18-13-11-17(12-14-18)16-19(21)20(22)23-2;1-4-10(2,3)9(14)15-11-7(12)5-6-8(11)13/h15-18,23H,6-14,19-20H2,1-5H3,(H,27,29);11-14,19H,3-10,15-16,21H2,1-2H3;4-6H2,1-3H3/t;19-;/m.0./s1. The Morgan fingerprint density at radius 3 is 1.34 bits per heavy atom. The maximum atomic E-state index is 12.5. The van der Waals surface area contributed by atoms with Crippen molar-refractivity contribution in [1.82, 2.24) is 10.4 Å². The second-order valence-corrected chi connectivity index (χ2v) is 19.5. The van der Waals surface area contributed by atoms with Crippen LogP contribution in [0.4, 0.5) is 0 Å². The Morgan fingerprint density at radius 2 is 0.957 bits per heavy atom. The van der Waals surface area contributed by atoms with Crippen molar-refractivity contribution in [2.24, 2.45) is 16.6 Å². The van der Waals surface area contributed by atoms with Crippen LogP contribution in [0, 0.1) is 10.8 Å². The minimum absolute atomic E-state index is 0.124. The Morgan fingerprint density at radius 1 is 0.571 bits per heavy atom. The number of benzene rings is 2. The van der Waals surface area contributed by atoms with Crippen molar-refractivity contribution in [3.05, 3.63) is 59.7 Å². The minimum Gasteiger partial charge on any atom is -0.494 e. The lowest BCUT2D eigenvalue weighted by Crippen LogP contribution is -2.48. The normalized spacial score (nSPS) is 13.2. The minimum atomic E-state index is -0.701. The monoisotopic (exact) mass is 982 g/mol. The number of nitrogens with one attached hydrogen (secondary N) is 1. The summed E-state index contributed by atoms with van der Waals surface area (Å²) < 4.78 is 21.1. The second-order valence-electron chi connectivity index (χ2n) is 19.5. The maximum absolute atomic E-state index is 12.5. The third kappa shape index (κ3) is 26.3. The Hall–Kier alpha value is -4.98. The van der Waals surface area contributed by atoms with Gasteiger partial charge in [-0.25, -0.2) is 9.59 Å². The first-order valence-electron chi connectivity index (χ1n) is 26.1. The van der Waals surface area contributed by atoms with Gasteiger partial charge >= 0.3 is 17.9 Å².